The number of aromatic nitrogens is 1. The molecule has 0 saturated carbocycles. The molecule has 0 amide bonds. The van der Waals surface area contributed by atoms with Crippen LogP contribution in [0.4, 0.5) is 13.2 Å². The molecule has 0 bridgehead atoms. The largest absolute Gasteiger partial charge is 0.409 e. The summed E-state index contributed by atoms with van der Waals surface area (Å²) in [6, 6.07) is 9.66. The van der Waals surface area contributed by atoms with Gasteiger partial charge >= 0.3 is 6.18 Å². The van der Waals surface area contributed by atoms with Gasteiger partial charge in [-0.15, -0.1) is 0 Å². The molecule has 1 N–H and O–H groups in total. The Labute approximate surface area is 161 Å². The van der Waals surface area contributed by atoms with E-state index in [1.54, 1.807) is 6.07 Å². The number of nitrogens with one attached hydrogen (secondary N) is 1. The van der Waals surface area contributed by atoms with Crippen LogP contribution in [0.5, 0.6) is 0 Å². The Balaban J connectivity index is 1.68. The maximum Gasteiger partial charge on any atom is 0.409 e. The Bertz CT molecular complexity index is 878. The number of benzene rings is 1. The molecule has 0 saturated heterocycles. The van der Waals surface area contributed by atoms with Gasteiger partial charge in [0.25, 0.3) is 0 Å². The van der Waals surface area contributed by atoms with Crippen molar-refractivity contribution in [2.75, 3.05) is 7.05 Å². The van der Waals surface area contributed by atoms with Crippen LogP contribution in [0, 0.1) is 0 Å². The SMILES string of the molecule is CNC(C1=NCc2cc(CC(=O)C[C@H](C)c3ccccc3)ncc21)C(F)(F)F. The number of fused-ring (bicyclic) bond motifs is 1. The summed E-state index contributed by atoms with van der Waals surface area (Å²) in [6.07, 6.45) is -2.48. The zero-order valence-corrected chi connectivity index (χ0v) is 15.8. The van der Waals surface area contributed by atoms with E-state index in [1.165, 1.54) is 13.2 Å². The molecular weight excluding hydrogens is 367 g/mol. The van der Waals surface area contributed by atoms with E-state index in [2.05, 4.69) is 15.3 Å². The molecule has 0 fully saturated rings. The van der Waals surface area contributed by atoms with E-state index >= 15 is 0 Å². The molecule has 1 aliphatic heterocycles. The summed E-state index contributed by atoms with van der Waals surface area (Å²) < 4.78 is 39.5. The fourth-order valence-electron chi connectivity index (χ4n) is 3.48. The van der Waals surface area contributed by atoms with Crippen molar-refractivity contribution in [3.8, 4) is 0 Å². The zero-order chi connectivity index (χ0) is 20.3. The molecule has 7 heteroatoms. The molecule has 2 heterocycles. The second-order valence-electron chi connectivity index (χ2n) is 7.03. The van der Waals surface area contributed by atoms with Crippen molar-refractivity contribution in [1.29, 1.82) is 0 Å². The second-order valence-corrected chi connectivity index (χ2v) is 7.03. The summed E-state index contributed by atoms with van der Waals surface area (Å²) in [4.78, 5) is 20.7. The highest BCUT2D eigenvalue weighted by Crippen LogP contribution is 2.29. The van der Waals surface area contributed by atoms with Crippen molar-refractivity contribution in [3.63, 3.8) is 0 Å². The minimum absolute atomic E-state index is 0.0475. The van der Waals surface area contributed by atoms with Crippen LogP contribution in [0.25, 0.3) is 0 Å². The number of aliphatic imine (C=N–C) groups is 1. The maximum absolute atomic E-state index is 13.2. The number of hydrogen-bond acceptors (Lipinski definition) is 4. The van der Waals surface area contributed by atoms with Crippen LogP contribution in [0.3, 0.4) is 0 Å². The average Bonchev–Trinajstić information content (AvgIpc) is 3.04. The van der Waals surface area contributed by atoms with Crippen LogP contribution < -0.4 is 5.32 Å². The summed E-state index contributed by atoms with van der Waals surface area (Å²) >= 11 is 0. The van der Waals surface area contributed by atoms with Gasteiger partial charge in [0.2, 0.25) is 0 Å². The fraction of sp³-hybridized carbons (Fsp3) is 0.381. The molecule has 2 atom stereocenters. The van der Waals surface area contributed by atoms with Crippen LogP contribution in [0.2, 0.25) is 0 Å². The summed E-state index contributed by atoms with van der Waals surface area (Å²) in [5.41, 5.74) is 2.68. The number of carbonyl (C=O) groups is 1. The van der Waals surface area contributed by atoms with Gasteiger partial charge in [0.05, 0.1) is 12.3 Å². The topological polar surface area (TPSA) is 54.4 Å². The van der Waals surface area contributed by atoms with E-state index < -0.39 is 12.2 Å². The average molecular weight is 389 g/mol. The van der Waals surface area contributed by atoms with Gasteiger partial charge < -0.3 is 5.32 Å². The third kappa shape index (κ3) is 4.47. The minimum atomic E-state index is -4.43. The molecule has 1 aromatic carbocycles. The van der Waals surface area contributed by atoms with Gasteiger partial charge in [0, 0.05) is 30.3 Å². The van der Waals surface area contributed by atoms with Crippen molar-refractivity contribution in [1.82, 2.24) is 10.3 Å². The van der Waals surface area contributed by atoms with Gasteiger partial charge in [0.15, 0.2) is 0 Å². The molecular formula is C21H22F3N3O. The van der Waals surface area contributed by atoms with Crippen LogP contribution in [-0.4, -0.2) is 35.7 Å². The number of Topliss-reactive ketones (excluding diaryl/α,β-unsaturated/α-hetero) is 1. The van der Waals surface area contributed by atoms with Crippen molar-refractivity contribution in [2.24, 2.45) is 4.99 Å². The third-order valence-corrected chi connectivity index (χ3v) is 4.91. The summed E-state index contributed by atoms with van der Waals surface area (Å²) in [5.74, 6) is 0.146. The van der Waals surface area contributed by atoms with Crippen molar-refractivity contribution in [3.05, 3.63) is 65.0 Å². The Kier molecular flexibility index (Phi) is 5.93. The second kappa shape index (κ2) is 8.22. The van der Waals surface area contributed by atoms with E-state index in [1.807, 2.05) is 37.3 Å². The van der Waals surface area contributed by atoms with Crippen molar-refractivity contribution < 1.29 is 18.0 Å². The number of ketones is 1. The Morgan fingerprint density at radius 1 is 1.25 bits per heavy atom. The highest BCUT2D eigenvalue weighted by Gasteiger charge is 2.44. The maximum atomic E-state index is 13.2. The minimum Gasteiger partial charge on any atom is -0.304 e. The van der Waals surface area contributed by atoms with Gasteiger partial charge in [-0.1, -0.05) is 37.3 Å². The standard InChI is InChI=1S/C21H22F3N3O/c1-13(14-6-4-3-5-7-14)8-17(28)10-16-9-15-11-27-19(18(15)12-26-16)20(25-2)21(22,23)24/h3-7,9,12-13,20,25H,8,10-11H2,1-2H3/t13-,20?/m0/s1. The Morgan fingerprint density at radius 2 is 1.96 bits per heavy atom. The van der Waals surface area contributed by atoms with Gasteiger partial charge in [0.1, 0.15) is 11.8 Å². The predicted molar refractivity (Wildman–Crippen MR) is 102 cm³/mol. The monoisotopic (exact) mass is 389 g/mol. The molecule has 1 unspecified atom stereocenters. The van der Waals surface area contributed by atoms with E-state index in [-0.39, 0.29) is 30.4 Å². The lowest BCUT2D eigenvalue weighted by molar-refractivity contribution is -0.138. The van der Waals surface area contributed by atoms with Gasteiger partial charge in [-0.2, -0.15) is 13.2 Å². The lowest BCUT2D eigenvalue weighted by atomic mass is 9.94. The Morgan fingerprint density at radius 3 is 2.61 bits per heavy atom. The fourth-order valence-corrected chi connectivity index (χ4v) is 3.48. The molecule has 4 nitrogen and oxygen atoms in total. The molecule has 0 aliphatic carbocycles. The number of carbonyl (C=O) groups excluding carboxylic acids is 1. The van der Waals surface area contributed by atoms with Gasteiger partial charge in [-0.25, -0.2) is 0 Å². The Hall–Kier alpha value is -2.54. The highest BCUT2D eigenvalue weighted by molar-refractivity contribution is 6.07. The first-order valence-corrected chi connectivity index (χ1v) is 9.12. The van der Waals surface area contributed by atoms with Crippen LogP contribution in [0.1, 0.15) is 41.6 Å². The van der Waals surface area contributed by atoms with Gasteiger partial charge in [-0.3, -0.25) is 14.8 Å². The summed E-state index contributed by atoms with van der Waals surface area (Å²) in [6.45, 7) is 2.17. The number of likely N-dealkylation sites (N-methyl/N-ethyl adjacent to an activating group) is 1. The molecule has 2 aromatic rings. The number of hydrogen-bond donors (Lipinski definition) is 1. The van der Waals surface area contributed by atoms with E-state index in [0.717, 1.165) is 5.56 Å². The molecule has 3 rings (SSSR count). The number of rotatable bonds is 7. The highest BCUT2D eigenvalue weighted by atomic mass is 19.4. The number of halogens is 3. The van der Waals surface area contributed by atoms with Crippen LogP contribution in [-0.2, 0) is 17.8 Å². The first-order valence-electron chi connectivity index (χ1n) is 9.12. The normalized spacial score (nSPS) is 15.7. The number of nitrogens with zero attached hydrogens (tertiary/aromatic N) is 2. The molecule has 0 spiro atoms. The summed E-state index contributed by atoms with van der Waals surface area (Å²) in [5, 5.41) is 2.27. The predicted octanol–water partition coefficient (Wildman–Crippen LogP) is 3.84. The van der Waals surface area contributed by atoms with E-state index in [4.69, 9.17) is 0 Å². The molecule has 148 valence electrons. The van der Waals surface area contributed by atoms with E-state index in [0.29, 0.717) is 23.2 Å². The zero-order valence-electron chi connectivity index (χ0n) is 15.8. The molecule has 28 heavy (non-hydrogen) atoms. The smallest absolute Gasteiger partial charge is 0.304 e. The molecule has 0 radical (unpaired) electrons. The third-order valence-electron chi connectivity index (χ3n) is 4.91. The first kappa shape index (κ1) is 20.2. The van der Waals surface area contributed by atoms with Crippen LogP contribution >= 0.6 is 0 Å². The molecule has 1 aliphatic rings. The first-order chi connectivity index (χ1) is 13.3. The molecule has 1 aromatic heterocycles. The number of pyridine rings is 1. The number of alkyl halides is 3. The lowest BCUT2D eigenvalue weighted by Crippen LogP contribution is -2.46. The van der Waals surface area contributed by atoms with Crippen molar-refractivity contribution in [2.45, 2.75) is 44.4 Å². The van der Waals surface area contributed by atoms with Gasteiger partial charge in [-0.05, 0) is 30.2 Å². The summed E-state index contributed by atoms with van der Waals surface area (Å²) in [7, 11) is 1.26. The van der Waals surface area contributed by atoms with E-state index in [9.17, 15) is 18.0 Å². The van der Waals surface area contributed by atoms with Crippen molar-refractivity contribution >= 4 is 11.5 Å². The van der Waals surface area contributed by atoms with Crippen LogP contribution in [0.15, 0.2) is 47.6 Å². The quantitative estimate of drug-likeness (QED) is 0.783. The lowest BCUT2D eigenvalue weighted by Gasteiger charge is -2.20.